The minimum atomic E-state index is -0.837. The summed E-state index contributed by atoms with van der Waals surface area (Å²) in [4.78, 5) is 37.2. The van der Waals surface area contributed by atoms with E-state index in [1.54, 1.807) is 0 Å². The maximum atomic E-state index is 13.4. The molecule has 4 aliphatic carbocycles. The monoisotopic (exact) mass is 416 g/mol. The number of carbonyl (C=O) groups excluding carboxylic acids is 3. The Morgan fingerprint density at radius 3 is 2.67 bits per heavy atom. The highest BCUT2D eigenvalue weighted by atomic mass is 16.6. The SMILES string of the molecule is C=C1CC23CC1CCC2C1(C)CCCC2(COC(C)=O)C(=O)OC(C21)C3OC(C)=O. The van der Waals surface area contributed by atoms with E-state index in [9.17, 15) is 14.4 Å². The summed E-state index contributed by atoms with van der Waals surface area (Å²) in [5, 5.41) is 0. The molecule has 8 atom stereocenters. The first-order valence-electron chi connectivity index (χ1n) is 11.3. The molecular formula is C24H32O6. The summed E-state index contributed by atoms with van der Waals surface area (Å²) in [6.07, 6.45) is 5.60. The van der Waals surface area contributed by atoms with Gasteiger partial charge in [0.25, 0.3) is 0 Å². The summed E-state index contributed by atoms with van der Waals surface area (Å²) >= 11 is 0. The van der Waals surface area contributed by atoms with Gasteiger partial charge >= 0.3 is 17.9 Å². The molecule has 30 heavy (non-hydrogen) atoms. The van der Waals surface area contributed by atoms with Crippen molar-refractivity contribution in [3.8, 4) is 0 Å². The predicted molar refractivity (Wildman–Crippen MR) is 107 cm³/mol. The highest BCUT2D eigenvalue weighted by molar-refractivity contribution is 5.81. The largest absolute Gasteiger partial charge is 0.465 e. The van der Waals surface area contributed by atoms with E-state index in [0.717, 1.165) is 38.5 Å². The fraction of sp³-hybridized carbons (Fsp3) is 0.792. The van der Waals surface area contributed by atoms with Crippen LogP contribution in [0.25, 0.3) is 0 Å². The Morgan fingerprint density at radius 2 is 1.97 bits per heavy atom. The molecule has 4 saturated carbocycles. The quantitative estimate of drug-likeness (QED) is 0.398. The fourth-order valence-corrected chi connectivity index (χ4v) is 8.59. The van der Waals surface area contributed by atoms with Crippen LogP contribution in [0.5, 0.6) is 0 Å². The molecule has 164 valence electrons. The van der Waals surface area contributed by atoms with Gasteiger partial charge in [0.1, 0.15) is 24.2 Å². The van der Waals surface area contributed by atoms with Gasteiger partial charge in [0.15, 0.2) is 0 Å². The van der Waals surface area contributed by atoms with Crippen LogP contribution in [0.2, 0.25) is 0 Å². The normalized spacial score (nSPS) is 48.4. The maximum absolute atomic E-state index is 13.4. The maximum Gasteiger partial charge on any atom is 0.316 e. The first-order chi connectivity index (χ1) is 14.1. The Kier molecular flexibility index (Phi) is 4.24. The van der Waals surface area contributed by atoms with Gasteiger partial charge in [0.05, 0.1) is 0 Å². The lowest BCUT2D eigenvalue weighted by Gasteiger charge is -2.64. The fourth-order valence-electron chi connectivity index (χ4n) is 8.59. The number of hydrogen-bond acceptors (Lipinski definition) is 6. The number of rotatable bonds is 3. The predicted octanol–water partition coefficient (Wildman–Crippen LogP) is 3.58. The van der Waals surface area contributed by atoms with Crippen LogP contribution in [0.1, 0.15) is 65.7 Å². The first kappa shape index (κ1) is 20.1. The lowest BCUT2D eigenvalue weighted by atomic mass is 9.40. The van der Waals surface area contributed by atoms with Gasteiger partial charge in [-0.15, -0.1) is 0 Å². The van der Waals surface area contributed by atoms with Crippen LogP contribution >= 0.6 is 0 Å². The van der Waals surface area contributed by atoms with Crippen molar-refractivity contribution in [3.63, 3.8) is 0 Å². The van der Waals surface area contributed by atoms with Crippen molar-refractivity contribution in [2.24, 2.45) is 34.0 Å². The lowest BCUT2D eigenvalue weighted by Crippen LogP contribution is -2.67. The molecule has 6 heteroatoms. The number of hydrogen-bond donors (Lipinski definition) is 0. The van der Waals surface area contributed by atoms with Crippen molar-refractivity contribution in [1.82, 2.24) is 0 Å². The molecule has 5 rings (SSSR count). The van der Waals surface area contributed by atoms with E-state index in [1.165, 1.54) is 19.4 Å². The standard InChI is InChI=1S/C24H32O6/c1-13-10-24-11-16(13)6-7-17(24)22(4)8-5-9-23(12-28-14(2)25)19(22)18(30-21(23)27)20(24)29-15(3)26/h16-20H,1,5-12H2,2-4H3. The van der Waals surface area contributed by atoms with Crippen molar-refractivity contribution in [1.29, 1.82) is 0 Å². The molecule has 1 aliphatic heterocycles. The molecule has 1 spiro atoms. The average molecular weight is 417 g/mol. The molecule has 0 radical (unpaired) electrons. The summed E-state index contributed by atoms with van der Waals surface area (Å²) in [5.74, 6) is -0.324. The van der Waals surface area contributed by atoms with Gasteiger partial charge in [0.2, 0.25) is 0 Å². The second kappa shape index (κ2) is 6.33. The molecule has 5 fully saturated rings. The van der Waals surface area contributed by atoms with Gasteiger partial charge in [-0.1, -0.05) is 25.5 Å². The van der Waals surface area contributed by atoms with E-state index in [0.29, 0.717) is 18.3 Å². The third-order valence-electron chi connectivity index (χ3n) is 9.37. The summed E-state index contributed by atoms with van der Waals surface area (Å²) in [7, 11) is 0. The Hall–Kier alpha value is -1.85. The number of fused-ring (bicyclic) bond motifs is 2. The molecule has 8 unspecified atom stereocenters. The van der Waals surface area contributed by atoms with Crippen LogP contribution in [-0.2, 0) is 28.6 Å². The van der Waals surface area contributed by atoms with Gasteiger partial charge in [-0.25, -0.2) is 0 Å². The highest BCUT2D eigenvalue weighted by Crippen LogP contribution is 2.74. The molecular weight excluding hydrogens is 384 g/mol. The molecule has 1 heterocycles. The van der Waals surface area contributed by atoms with Gasteiger partial charge in [-0.2, -0.15) is 0 Å². The molecule has 0 aromatic heterocycles. The average Bonchev–Trinajstić information content (AvgIpc) is 3.10. The zero-order chi connectivity index (χ0) is 21.5. The summed E-state index contributed by atoms with van der Waals surface area (Å²) in [5.41, 5.74) is 0.0802. The minimum Gasteiger partial charge on any atom is -0.465 e. The summed E-state index contributed by atoms with van der Waals surface area (Å²) in [6, 6.07) is 0. The Morgan fingerprint density at radius 1 is 1.20 bits per heavy atom. The van der Waals surface area contributed by atoms with Gasteiger partial charge < -0.3 is 14.2 Å². The molecule has 6 nitrogen and oxygen atoms in total. The third-order valence-corrected chi connectivity index (χ3v) is 9.37. The second-order valence-electron chi connectivity index (χ2n) is 10.8. The topological polar surface area (TPSA) is 78.9 Å². The zero-order valence-corrected chi connectivity index (χ0v) is 18.2. The van der Waals surface area contributed by atoms with Gasteiger partial charge in [-0.05, 0) is 55.8 Å². The Labute approximate surface area is 177 Å². The van der Waals surface area contributed by atoms with E-state index in [1.807, 2.05) is 0 Å². The number of carbonyl (C=O) groups is 3. The second-order valence-corrected chi connectivity index (χ2v) is 10.8. The molecule has 0 amide bonds. The van der Waals surface area contributed by atoms with Gasteiger partial charge in [-0.3, -0.25) is 14.4 Å². The molecule has 1 saturated heterocycles. The van der Waals surface area contributed by atoms with Gasteiger partial charge in [0, 0.05) is 25.2 Å². The lowest BCUT2D eigenvalue weighted by molar-refractivity contribution is -0.235. The van der Waals surface area contributed by atoms with Crippen LogP contribution in [0.3, 0.4) is 0 Å². The van der Waals surface area contributed by atoms with Crippen LogP contribution in [-0.4, -0.2) is 36.7 Å². The zero-order valence-electron chi connectivity index (χ0n) is 18.2. The van der Waals surface area contributed by atoms with Crippen LogP contribution in [0, 0.1) is 34.0 Å². The molecule has 5 aliphatic rings. The number of esters is 3. The van der Waals surface area contributed by atoms with Crippen molar-refractivity contribution >= 4 is 17.9 Å². The molecule has 0 N–H and O–H groups in total. The van der Waals surface area contributed by atoms with Crippen LogP contribution in [0.4, 0.5) is 0 Å². The highest BCUT2D eigenvalue weighted by Gasteiger charge is 2.77. The molecule has 0 aromatic carbocycles. The summed E-state index contributed by atoms with van der Waals surface area (Å²) in [6.45, 7) is 9.54. The van der Waals surface area contributed by atoms with E-state index in [2.05, 4.69) is 13.5 Å². The number of ether oxygens (including phenoxy) is 3. The van der Waals surface area contributed by atoms with E-state index < -0.39 is 17.6 Å². The van der Waals surface area contributed by atoms with E-state index >= 15 is 0 Å². The van der Waals surface area contributed by atoms with Crippen molar-refractivity contribution in [2.45, 2.75) is 77.9 Å². The Bertz CT molecular complexity index is 834. The molecule has 0 aromatic rings. The van der Waals surface area contributed by atoms with Crippen molar-refractivity contribution < 1.29 is 28.6 Å². The molecule has 2 bridgehead atoms. The van der Waals surface area contributed by atoms with Crippen LogP contribution in [0.15, 0.2) is 12.2 Å². The minimum absolute atomic E-state index is 0.0553. The Balaban J connectivity index is 1.65. The first-order valence-corrected chi connectivity index (χ1v) is 11.3. The van der Waals surface area contributed by atoms with E-state index in [-0.39, 0.29) is 41.3 Å². The summed E-state index contributed by atoms with van der Waals surface area (Å²) < 4.78 is 17.5. The third kappa shape index (κ3) is 2.39. The van der Waals surface area contributed by atoms with Crippen molar-refractivity contribution in [3.05, 3.63) is 12.2 Å². The van der Waals surface area contributed by atoms with Crippen molar-refractivity contribution in [2.75, 3.05) is 6.61 Å². The van der Waals surface area contributed by atoms with E-state index in [4.69, 9.17) is 14.2 Å². The van der Waals surface area contributed by atoms with Crippen LogP contribution < -0.4 is 0 Å². The smallest absolute Gasteiger partial charge is 0.316 e. The number of allylic oxidation sites excluding steroid dienone is 1.